The third kappa shape index (κ3) is 3.10. The average molecular weight is 410 g/mol. The van der Waals surface area contributed by atoms with Gasteiger partial charge in [-0.05, 0) is 51.0 Å². The molecule has 0 amide bonds. The quantitative estimate of drug-likeness (QED) is 0.742. The Labute approximate surface area is 173 Å². The molecule has 30 heavy (non-hydrogen) atoms. The molecule has 0 saturated heterocycles. The predicted molar refractivity (Wildman–Crippen MR) is 107 cm³/mol. The van der Waals surface area contributed by atoms with Crippen molar-refractivity contribution in [1.29, 1.82) is 0 Å². The molecule has 0 aliphatic carbocycles. The van der Waals surface area contributed by atoms with Crippen molar-refractivity contribution >= 4 is 17.3 Å². The van der Waals surface area contributed by atoms with E-state index in [2.05, 4.69) is 0 Å². The van der Waals surface area contributed by atoms with Gasteiger partial charge >= 0.3 is 0 Å². The highest BCUT2D eigenvalue weighted by Gasteiger charge is 2.40. The number of aromatic hydroxyl groups is 2. The first-order chi connectivity index (χ1) is 14.3. The van der Waals surface area contributed by atoms with Crippen LogP contribution in [-0.2, 0) is 4.79 Å². The molecule has 0 aromatic heterocycles. The van der Waals surface area contributed by atoms with Crippen molar-refractivity contribution in [1.82, 2.24) is 0 Å². The Morgan fingerprint density at radius 3 is 1.53 bits per heavy atom. The highest BCUT2D eigenvalue weighted by molar-refractivity contribution is 6.03. The third-order valence-electron chi connectivity index (χ3n) is 5.80. The van der Waals surface area contributed by atoms with Gasteiger partial charge in [0.05, 0.1) is 25.0 Å². The molecule has 0 fully saturated rings. The highest BCUT2D eigenvalue weighted by Crippen LogP contribution is 2.48. The summed E-state index contributed by atoms with van der Waals surface area (Å²) in [6, 6.07) is 5.77. The number of phenolic OH excluding ortho intramolecular Hbond substituents is 2. The maximum Gasteiger partial charge on any atom is 0.165 e. The van der Waals surface area contributed by atoms with Crippen molar-refractivity contribution in [3.63, 3.8) is 0 Å². The third-order valence-corrected chi connectivity index (χ3v) is 5.80. The molecule has 2 unspecified atom stereocenters. The number of ether oxygens (including phenoxy) is 2. The molecule has 2 aromatic rings. The fourth-order valence-electron chi connectivity index (χ4n) is 4.44. The van der Waals surface area contributed by atoms with Crippen LogP contribution < -0.4 is 9.47 Å². The summed E-state index contributed by atoms with van der Waals surface area (Å²) in [7, 11) is 0. The Morgan fingerprint density at radius 2 is 1.17 bits per heavy atom. The summed E-state index contributed by atoms with van der Waals surface area (Å²) >= 11 is 0. The number of phenols is 2. The van der Waals surface area contributed by atoms with Crippen LogP contribution in [0, 0.1) is 0 Å². The number of benzene rings is 2. The van der Waals surface area contributed by atoms with Crippen LogP contribution in [0.1, 0.15) is 70.4 Å². The number of ketones is 3. The van der Waals surface area contributed by atoms with Crippen molar-refractivity contribution in [2.24, 2.45) is 0 Å². The minimum atomic E-state index is -0.683. The van der Waals surface area contributed by atoms with E-state index in [1.54, 1.807) is 0 Å². The van der Waals surface area contributed by atoms with Gasteiger partial charge in [0.1, 0.15) is 5.78 Å². The lowest BCUT2D eigenvalue weighted by Gasteiger charge is -2.33. The largest absolute Gasteiger partial charge is 0.504 e. The first-order valence-electron chi connectivity index (χ1n) is 9.84. The molecule has 156 valence electrons. The summed E-state index contributed by atoms with van der Waals surface area (Å²) in [4.78, 5) is 38.2. The molecule has 0 bridgehead atoms. The van der Waals surface area contributed by atoms with E-state index in [9.17, 15) is 24.6 Å². The lowest BCUT2D eigenvalue weighted by molar-refractivity contribution is -0.123. The van der Waals surface area contributed by atoms with Crippen LogP contribution in [0.3, 0.4) is 0 Å². The molecule has 0 saturated carbocycles. The molecule has 4 rings (SSSR count). The lowest BCUT2D eigenvalue weighted by Crippen LogP contribution is -2.31. The second-order valence-electron chi connectivity index (χ2n) is 7.64. The average Bonchev–Trinajstić information content (AvgIpc) is 2.73. The van der Waals surface area contributed by atoms with Gasteiger partial charge in [-0.2, -0.15) is 0 Å². The Morgan fingerprint density at radius 1 is 0.767 bits per heavy atom. The molecule has 0 radical (unpaired) electrons. The SMILES string of the molecule is CC(=O)c1ccc(O)c2c1C(C(=O)C1CCOc3c(O)ccc(C(C)=O)c31)CCO2. The molecule has 2 aliphatic rings. The normalized spacial score (nSPS) is 19.7. The Balaban J connectivity index is 1.85. The van der Waals surface area contributed by atoms with Gasteiger partial charge in [0.25, 0.3) is 0 Å². The summed E-state index contributed by atoms with van der Waals surface area (Å²) in [6.07, 6.45) is 0.687. The van der Waals surface area contributed by atoms with Gasteiger partial charge in [0.15, 0.2) is 34.6 Å². The number of fused-ring (bicyclic) bond motifs is 2. The van der Waals surface area contributed by atoms with Gasteiger partial charge in [0, 0.05) is 22.3 Å². The van der Waals surface area contributed by atoms with Crippen LogP contribution in [0.5, 0.6) is 23.0 Å². The molecule has 2 heterocycles. The van der Waals surface area contributed by atoms with Gasteiger partial charge in [0.2, 0.25) is 0 Å². The van der Waals surface area contributed by atoms with Gasteiger partial charge in [-0.15, -0.1) is 0 Å². The zero-order valence-electron chi connectivity index (χ0n) is 16.7. The Kier molecular flexibility index (Phi) is 4.97. The van der Waals surface area contributed by atoms with Crippen LogP contribution in [0.25, 0.3) is 0 Å². The van der Waals surface area contributed by atoms with Crippen LogP contribution >= 0.6 is 0 Å². The lowest BCUT2D eigenvalue weighted by atomic mass is 9.75. The van der Waals surface area contributed by atoms with E-state index in [0.717, 1.165) is 0 Å². The van der Waals surface area contributed by atoms with Crippen molar-refractivity contribution in [2.75, 3.05) is 13.2 Å². The van der Waals surface area contributed by atoms with E-state index in [4.69, 9.17) is 9.47 Å². The zero-order chi connectivity index (χ0) is 21.6. The summed E-state index contributed by atoms with van der Waals surface area (Å²) in [5.41, 5.74) is 1.43. The Hall–Kier alpha value is -3.35. The summed E-state index contributed by atoms with van der Waals surface area (Å²) in [6.45, 7) is 3.24. The molecule has 2 aliphatic heterocycles. The van der Waals surface area contributed by atoms with Crippen LogP contribution in [-0.4, -0.2) is 40.8 Å². The number of carbonyl (C=O) groups excluding carboxylic acids is 3. The van der Waals surface area contributed by atoms with Crippen LogP contribution in [0.15, 0.2) is 24.3 Å². The number of hydrogen-bond donors (Lipinski definition) is 2. The van der Waals surface area contributed by atoms with Gasteiger partial charge < -0.3 is 19.7 Å². The number of Topliss-reactive ketones (excluding diaryl/α,β-unsaturated/α-hetero) is 3. The van der Waals surface area contributed by atoms with Crippen LogP contribution in [0.2, 0.25) is 0 Å². The molecular weight excluding hydrogens is 388 g/mol. The van der Waals surface area contributed by atoms with Crippen molar-refractivity contribution in [3.8, 4) is 23.0 Å². The van der Waals surface area contributed by atoms with Gasteiger partial charge in [-0.1, -0.05) is 0 Å². The maximum absolute atomic E-state index is 13.8. The number of carbonyl (C=O) groups is 3. The fourth-order valence-corrected chi connectivity index (χ4v) is 4.44. The van der Waals surface area contributed by atoms with Crippen molar-refractivity contribution < 1.29 is 34.1 Å². The van der Waals surface area contributed by atoms with Crippen molar-refractivity contribution in [2.45, 2.75) is 38.5 Å². The van der Waals surface area contributed by atoms with Crippen LogP contribution in [0.4, 0.5) is 0 Å². The molecule has 2 N–H and O–H groups in total. The molecule has 7 heteroatoms. The molecule has 2 atom stereocenters. The van der Waals surface area contributed by atoms with E-state index in [1.165, 1.54) is 38.1 Å². The van der Waals surface area contributed by atoms with E-state index in [-0.39, 0.29) is 53.6 Å². The smallest absolute Gasteiger partial charge is 0.165 e. The predicted octanol–water partition coefficient (Wildman–Crippen LogP) is 3.50. The summed E-state index contributed by atoms with van der Waals surface area (Å²) in [5, 5.41) is 20.5. The minimum Gasteiger partial charge on any atom is -0.504 e. The second-order valence-corrected chi connectivity index (χ2v) is 7.64. The minimum absolute atomic E-state index is 0.123. The highest BCUT2D eigenvalue weighted by atomic mass is 16.5. The molecule has 2 aromatic carbocycles. The number of hydrogen-bond acceptors (Lipinski definition) is 7. The zero-order valence-corrected chi connectivity index (χ0v) is 16.7. The van der Waals surface area contributed by atoms with E-state index in [0.29, 0.717) is 35.1 Å². The molecular formula is C23H22O7. The molecule has 7 nitrogen and oxygen atoms in total. The van der Waals surface area contributed by atoms with E-state index in [1.807, 2.05) is 0 Å². The van der Waals surface area contributed by atoms with E-state index >= 15 is 0 Å². The van der Waals surface area contributed by atoms with Crippen molar-refractivity contribution in [3.05, 3.63) is 46.5 Å². The first-order valence-corrected chi connectivity index (χ1v) is 9.84. The Bertz CT molecular complexity index is 986. The number of rotatable bonds is 4. The standard InChI is InChI=1S/C23H22O7/c1-11(24)13-3-5-17(26)22-19(13)15(7-9-29-22)21(28)16-8-10-30-23-18(27)6-4-14(12(2)25)20(16)23/h3-6,15-16,26-27H,7-10H2,1-2H3. The monoisotopic (exact) mass is 410 g/mol. The van der Waals surface area contributed by atoms with Gasteiger partial charge in [-0.25, -0.2) is 0 Å². The summed E-state index contributed by atoms with van der Waals surface area (Å²) in [5.74, 6) is -1.96. The summed E-state index contributed by atoms with van der Waals surface area (Å²) < 4.78 is 11.2. The first kappa shape index (κ1) is 19.9. The topological polar surface area (TPSA) is 110 Å². The molecule has 0 spiro atoms. The second kappa shape index (κ2) is 7.48. The van der Waals surface area contributed by atoms with E-state index < -0.39 is 11.8 Å². The fraction of sp³-hybridized carbons (Fsp3) is 0.348. The maximum atomic E-state index is 13.8. The van der Waals surface area contributed by atoms with Gasteiger partial charge in [-0.3, -0.25) is 14.4 Å².